The third kappa shape index (κ3) is 2.51. The van der Waals surface area contributed by atoms with Crippen LogP contribution in [0.4, 0.5) is 11.4 Å². The van der Waals surface area contributed by atoms with Crippen molar-refractivity contribution in [3.8, 4) is 0 Å². The highest BCUT2D eigenvalue weighted by molar-refractivity contribution is 5.65. The van der Waals surface area contributed by atoms with Gasteiger partial charge < -0.3 is 10.6 Å². The van der Waals surface area contributed by atoms with Crippen molar-refractivity contribution in [2.45, 2.75) is 20.4 Å². The van der Waals surface area contributed by atoms with Gasteiger partial charge in [-0.05, 0) is 37.6 Å². The van der Waals surface area contributed by atoms with E-state index in [4.69, 9.17) is 5.73 Å². The Morgan fingerprint density at radius 2 is 1.94 bits per heavy atom. The van der Waals surface area contributed by atoms with E-state index in [0.717, 1.165) is 11.4 Å². The minimum Gasteiger partial charge on any atom is -0.344 e. The summed E-state index contributed by atoms with van der Waals surface area (Å²) in [6.45, 7) is 4.70. The molecule has 0 atom stereocenters. The highest BCUT2D eigenvalue weighted by atomic mass is 15.1. The van der Waals surface area contributed by atoms with E-state index in [1.165, 1.54) is 16.8 Å². The Balaban J connectivity index is 2.37. The van der Waals surface area contributed by atoms with Crippen molar-refractivity contribution >= 4 is 11.4 Å². The lowest BCUT2D eigenvalue weighted by molar-refractivity contribution is 0.985. The fourth-order valence-corrected chi connectivity index (χ4v) is 2.11. The van der Waals surface area contributed by atoms with Crippen molar-refractivity contribution in [3.63, 3.8) is 0 Å². The minimum absolute atomic E-state index is 0.467. The van der Waals surface area contributed by atoms with E-state index >= 15 is 0 Å². The molecule has 0 aliphatic rings. The Bertz CT molecular complexity index is 549. The first-order valence-corrected chi connectivity index (χ1v) is 6.08. The molecule has 1 aromatic carbocycles. The zero-order chi connectivity index (χ0) is 13.1. The van der Waals surface area contributed by atoms with Crippen LogP contribution >= 0.6 is 0 Å². The number of aryl methyl sites for hydroxylation is 2. The summed E-state index contributed by atoms with van der Waals surface area (Å²) in [5, 5.41) is 0. The molecule has 0 bridgehead atoms. The summed E-state index contributed by atoms with van der Waals surface area (Å²) >= 11 is 0. The Morgan fingerprint density at radius 3 is 2.61 bits per heavy atom. The molecule has 0 unspecified atom stereocenters. The molecule has 1 aromatic heterocycles. The normalized spacial score (nSPS) is 10.4. The van der Waals surface area contributed by atoms with Gasteiger partial charge in [0.15, 0.2) is 0 Å². The molecule has 0 aliphatic carbocycles. The monoisotopic (exact) mass is 241 g/mol. The van der Waals surface area contributed by atoms with Crippen LogP contribution in [0.3, 0.4) is 0 Å². The van der Waals surface area contributed by atoms with E-state index in [1.807, 2.05) is 12.1 Å². The van der Waals surface area contributed by atoms with Gasteiger partial charge in [0.25, 0.3) is 0 Å². The van der Waals surface area contributed by atoms with Gasteiger partial charge in [-0.15, -0.1) is 0 Å². The zero-order valence-corrected chi connectivity index (χ0v) is 11.1. The van der Waals surface area contributed by atoms with Gasteiger partial charge in [0.05, 0.1) is 5.69 Å². The molecule has 0 fully saturated rings. The van der Waals surface area contributed by atoms with Crippen molar-refractivity contribution < 1.29 is 0 Å². The number of hydrogen-bond acceptors (Lipinski definition) is 3. The lowest BCUT2D eigenvalue weighted by atomic mass is 10.1. The summed E-state index contributed by atoms with van der Waals surface area (Å²) < 4.78 is 0. The smallest absolute Gasteiger partial charge is 0.0560 e. The van der Waals surface area contributed by atoms with Gasteiger partial charge in [-0.1, -0.05) is 17.7 Å². The van der Waals surface area contributed by atoms with Crippen LogP contribution in [0.5, 0.6) is 0 Å². The Labute approximate surface area is 108 Å². The molecule has 0 spiro atoms. The van der Waals surface area contributed by atoms with Crippen molar-refractivity contribution in [3.05, 3.63) is 53.3 Å². The fourth-order valence-electron chi connectivity index (χ4n) is 2.11. The maximum absolute atomic E-state index is 5.63. The quantitative estimate of drug-likeness (QED) is 0.898. The number of anilines is 2. The molecule has 0 aliphatic heterocycles. The lowest BCUT2D eigenvalue weighted by Gasteiger charge is -2.22. The van der Waals surface area contributed by atoms with Crippen LogP contribution in [-0.2, 0) is 6.54 Å². The third-order valence-corrected chi connectivity index (χ3v) is 3.11. The molecular formula is C15H19N3. The first-order valence-electron chi connectivity index (χ1n) is 6.08. The first-order chi connectivity index (χ1) is 8.61. The molecule has 2 aromatic rings. The van der Waals surface area contributed by atoms with Crippen LogP contribution in [0.2, 0.25) is 0 Å². The SMILES string of the molecule is Cc1ccc(N(C)c2ccnc(CN)c2)c(C)c1. The molecule has 0 saturated heterocycles. The van der Waals surface area contributed by atoms with E-state index in [-0.39, 0.29) is 0 Å². The molecule has 3 nitrogen and oxygen atoms in total. The standard InChI is InChI=1S/C15H19N3/c1-11-4-5-15(12(2)8-11)18(3)14-6-7-17-13(9-14)10-16/h4-9H,10,16H2,1-3H3. The predicted octanol–water partition coefficient (Wildman–Crippen LogP) is 2.93. The molecule has 2 N–H and O–H groups in total. The van der Waals surface area contributed by atoms with Crippen molar-refractivity contribution in [2.75, 3.05) is 11.9 Å². The number of rotatable bonds is 3. The van der Waals surface area contributed by atoms with Crippen LogP contribution in [0.1, 0.15) is 16.8 Å². The summed E-state index contributed by atoms with van der Waals surface area (Å²) in [6.07, 6.45) is 1.80. The summed E-state index contributed by atoms with van der Waals surface area (Å²) in [6, 6.07) is 10.5. The topological polar surface area (TPSA) is 42.2 Å². The maximum atomic E-state index is 5.63. The van der Waals surface area contributed by atoms with Crippen molar-refractivity contribution in [2.24, 2.45) is 5.73 Å². The molecule has 2 rings (SSSR count). The number of aromatic nitrogens is 1. The van der Waals surface area contributed by atoms with Crippen LogP contribution in [-0.4, -0.2) is 12.0 Å². The summed E-state index contributed by atoms with van der Waals surface area (Å²) in [5.41, 5.74) is 11.4. The fraction of sp³-hybridized carbons (Fsp3) is 0.267. The molecular weight excluding hydrogens is 222 g/mol. The number of pyridine rings is 1. The maximum Gasteiger partial charge on any atom is 0.0560 e. The summed E-state index contributed by atoms with van der Waals surface area (Å²) in [4.78, 5) is 6.38. The highest BCUT2D eigenvalue weighted by Crippen LogP contribution is 2.27. The zero-order valence-electron chi connectivity index (χ0n) is 11.1. The van der Waals surface area contributed by atoms with Crippen molar-refractivity contribution in [1.29, 1.82) is 0 Å². The van der Waals surface area contributed by atoms with E-state index in [1.54, 1.807) is 6.20 Å². The number of benzene rings is 1. The van der Waals surface area contributed by atoms with Crippen LogP contribution in [0, 0.1) is 13.8 Å². The second-order valence-electron chi connectivity index (χ2n) is 4.56. The largest absolute Gasteiger partial charge is 0.344 e. The number of hydrogen-bond donors (Lipinski definition) is 1. The summed E-state index contributed by atoms with van der Waals surface area (Å²) in [7, 11) is 2.06. The number of nitrogens with two attached hydrogens (primary N) is 1. The molecule has 18 heavy (non-hydrogen) atoms. The van der Waals surface area contributed by atoms with Gasteiger partial charge in [-0.2, -0.15) is 0 Å². The second kappa shape index (κ2) is 5.19. The van der Waals surface area contributed by atoms with Crippen LogP contribution < -0.4 is 10.6 Å². The van der Waals surface area contributed by atoms with Gasteiger partial charge in [-0.25, -0.2) is 0 Å². The van der Waals surface area contributed by atoms with Crippen LogP contribution in [0.25, 0.3) is 0 Å². The average molecular weight is 241 g/mol. The van der Waals surface area contributed by atoms with E-state index in [0.29, 0.717) is 6.54 Å². The number of nitrogens with zero attached hydrogens (tertiary/aromatic N) is 2. The van der Waals surface area contributed by atoms with Crippen LogP contribution in [0.15, 0.2) is 36.5 Å². The Morgan fingerprint density at radius 1 is 1.17 bits per heavy atom. The Kier molecular flexibility index (Phi) is 3.63. The van der Waals surface area contributed by atoms with Gasteiger partial charge in [0.2, 0.25) is 0 Å². The molecule has 0 amide bonds. The molecule has 3 heteroatoms. The third-order valence-electron chi connectivity index (χ3n) is 3.11. The van der Waals surface area contributed by atoms with E-state index < -0.39 is 0 Å². The molecule has 0 saturated carbocycles. The Hall–Kier alpha value is -1.87. The second-order valence-corrected chi connectivity index (χ2v) is 4.56. The summed E-state index contributed by atoms with van der Waals surface area (Å²) in [5.74, 6) is 0. The molecule has 1 heterocycles. The van der Waals surface area contributed by atoms with Crippen molar-refractivity contribution in [1.82, 2.24) is 4.98 Å². The lowest BCUT2D eigenvalue weighted by Crippen LogP contribution is -2.12. The molecule has 0 radical (unpaired) electrons. The van der Waals surface area contributed by atoms with Gasteiger partial charge in [0, 0.05) is 31.2 Å². The molecule has 94 valence electrons. The first kappa shape index (κ1) is 12.6. The van der Waals surface area contributed by atoms with Gasteiger partial charge in [-0.3, -0.25) is 4.98 Å². The average Bonchev–Trinajstić information content (AvgIpc) is 2.38. The minimum atomic E-state index is 0.467. The van der Waals surface area contributed by atoms with E-state index in [9.17, 15) is 0 Å². The van der Waals surface area contributed by atoms with Gasteiger partial charge >= 0.3 is 0 Å². The highest BCUT2D eigenvalue weighted by Gasteiger charge is 2.07. The van der Waals surface area contributed by atoms with E-state index in [2.05, 4.69) is 49.0 Å². The van der Waals surface area contributed by atoms with Gasteiger partial charge in [0.1, 0.15) is 0 Å². The predicted molar refractivity (Wildman–Crippen MR) is 76.1 cm³/mol.